The van der Waals surface area contributed by atoms with Gasteiger partial charge in [0, 0.05) is 11.5 Å². The first-order chi connectivity index (χ1) is 12.8. The van der Waals surface area contributed by atoms with Crippen LogP contribution in [0.15, 0.2) is 89.3 Å². The van der Waals surface area contributed by atoms with Crippen LogP contribution in [0.2, 0.25) is 0 Å². The van der Waals surface area contributed by atoms with Crippen molar-refractivity contribution < 1.29 is 14.3 Å². The normalized spacial score (nSPS) is 9.81. The molecule has 0 aliphatic rings. The number of rotatable bonds is 4. The number of ether oxygens (including phenoxy) is 1. The number of aromatic hydroxyl groups is 1. The van der Waals surface area contributed by atoms with Crippen molar-refractivity contribution in [3.8, 4) is 22.8 Å². The average molecular weight is 362 g/mol. The van der Waals surface area contributed by atoms with Gasteiger partial charge in [-0.2, -0.15) is 0 Å². The lowest BCUT2D eigenvalue weighted by molar-refractivity contribution is 0.249. The van der Waals surface area contributed by atoms with E-state index in [0.29, 0.717) is 18.1 Å². The summed E-state index contributed by atoms with van der Waals surface area (Å²) < 4.78 is 10.6. The lowest BCUT2D eigenvalue weighted by atomic mass is 10.1. The Morgan fingerprint density at radius 3 is 1.93 bits per heavy atom. The number of phenolic OH excluding ortho intramolecular Hbond substituents is 1. The van der Waals surface area contributed by atoms with Gasteiger partial charge in [0.05, 0.1) is 6.61 Å². The number of hydrogen-bond donors (Lipinski definition) is 1. The molecular weight excluding hydrogens is 336 g/mol. The van der Waals surface area contributed by atoms with Crippen LogP contribution in [-0.2, 0) is 0 Å². The molecule has 0 aliphatic heterocycles. The molecule has 4 aromatic rings. The van der Waals surface area contributed by atoms with Gasteiger partial charge in [-0.3, -0.25) is 0 Å². The molecule has 4 rings (SSSR count). The Bertz CT molecular complexity index is 890. The summed E-state index contributed by atoms with van der Waals surface area (Å²) in [7, 11) is 0. The monoisotopic (exact) mass is 362 g/mol. The number of hydrogen-bond acceptors (Lipinski definition) is 3. The van der Waals surface area contributed by atoms with Gasteiger partial charge in [-0.1, -0.05) is 87.1 Å². The minimum absolute atomic E-state index is 0. The van der Waals surface area contributed by atoms with Gasteiger partial charge in [0.1, 0.15) is 0 Å². The molecule has 0 atom stereocenters. The van der Waals surface area contributed by atoms with E-state index in [1.807, 2.05) is 25.1 Å². The fourth-order valence-corrected chi connectivity index (χ4v) is 2.56. The van der Waals surface area contributed by atoms with Gasteiger partial charge >= 0.3 is 0 Å². The Morgan fingerprint density at radius 2 is 1.41 bits per heavy atom. The highest BCUT2D eigenvalue weighted by atomic mass is 16.6. The van der Waals surface area contributed by atoms with Crippen molar-refractivity contribution in [2.24, 2.45) is 0 Å². The SMILES string of the molecule is C.CCCOc1cc2cccc(O)c2o1.c1ccc(-c2ccccc2)cc1. The van der Waals surface area contributed by atoms with Crippen LogP contribution in [0.1, 0.15) is 20.8 Å². The van der Waals surface area contributed by atoms with E-state index in [4.69, 9.17) is 9.15 Å². The van der Waals surface area contributed by atoms with Crippen molar-refractivity contribution in [2.45, 2.75) is 20.8 Å². The predicted octanol–water partition coefficient (Wildman–Crippen LogP) is 6.92. The van der Waals surface area contributed by atoms with E-state index in [1.54, 1.807) is 18.2 Å². The molecule has 0 aliphatic carbocycles. The standard InChI is InChI=1S/C12H10.C11H12O3.CH4/c1-3-7-11(8-4-1)12-9-5-2-6-10-12;1-2-6-13-10-7-8-4-3-5-9(12)11(8)14-10;/h1-10H;3-5,7,12H,2,6H2,1H3;1H4. The van der Waals surface area contributed by atoms with Gasteiger partial charge in [-0.15, -0.1) is 0 Å². The molecule has 0 bridgehead atoms. The van der Waals surface area contributed by atoms with Gasteiger partial charge in [0.25, 0.3) is 5.95 Å². The molecule has 0 saturated heterocycles. The molecule has 0 unspecified atom stereocenters. The predicted molar refractivity (Wildman–Crippen MR) is 112 cm³/mol. The third-order valence-electron chi connectivity index (χ3n) is 3.83. The van der Waals surface area contributed by atoms with E-state index < -0.39 is 0 Å². The van der Waals surface area contributed by atoms with Gasteiger partial charge in [0.15, 0.2) is 11.3 Å². The number of furan rings is 1. The fourth-order valence-electron chi connectivity index (χ4n) is 2.56. The van der Waals surface area contributed by atoms with Gasteiger partial charge in [-0.05, 0) is 23.6 Å². The first kappa shape index (κ1) is 20.1. The molecule has 0 saturated carbocycles. The van der Waals surface area contributed by atoms with Crippen LogP contribution in [0.4, 0.5) is 0 Å². The van der Waals surface area contributed by atoms with Crippen LogP contribution in [0.25, 0.3) is 22.1 Å². The summed E-state index contributed by atoms with van der Waals surface area (Å²) >= 11 is 0. The quantitative estimate of drug-likeness (QED) is 0.428. The average Bonchev–Trinajstić information content (AvgIpc) is 3.13. The lowest BCUT2D eigenvalue weighted by Crippen LogP contribution is -1.92. The first-order valence-electron chi connectivity index (χ1n) is 8.72. The van der Waals surface area contributed by atoms with Crippen LogP contribution in [-0.4, -0.2) is 11.7 Å². The van der Waals surface area contributed by atoms with Crippen molar-refractivity contribution in [3.63, 3.8) is 0 Å². The molecule has 27 heavy (non-hydrogen) atoms. The van der Waals surface area contributed by atoms with Crippen LogP contribution < -0.4 is 4.74 Å². The summed E-state index contributed by atoms with van der Waals surface area (Å²) in [4.78, 5) is 0. The van der Waals surface area contributed by atoms with E-state index >= 15 is 0 Å². The second-order valence-corrected chi connectivity index (χ2v) is 5.84. The molecule has 1 heterocycles. The molecule has 0 radical (unpaired) electrons. The Kier molecular flexibility index (Phi) is 7.50. The lowest BCUT2D eigenvalue weighted by Gasteiger charge is -1.98. The maximum absolute atomic E-state index is 9.46. The van der Waals surface area contributed by atoms with Crippen molar-refractivity contribution in [1.82, 2.24) is 0 Å². The summed E-state index contributed by atoms with van der Waals surface area (Å²) in [5.41, 5.74) is 3.04. The Hall–Kier alpha value is -3.20. The summed E-state index contributed by atoms with van der Waals surface area (Å²) in [5, 5.41) is 10.3. The number of fused-ring (bicyclic) bond motifs is 1. The molecule has 1 N–H and O–H groups in total. The highest BCUT2D eigenvalue weighted by molar-refractivity contribution is 5.83. The van der Waals surface area contributed by atoms with Crippen LogP contribution in [0.3, 0.4) is 0 Å². The Labute approximate surface area is 160 Å². The van der Waals surface area contributed by atoms with Gasteiger partial charge in [0.2, 0.25) is 0 Å². The summed E-state index contributed by atoms with van der Waals surface area (Å²) in [6.07, 6.45) is 0.934. The minimum Gasteiger partial charge on any atom is -0.504 e. The summed E-state index contributed by atoms with van der Waals surface area (Å²) in [6, 6.07) is 27.8. The molecular formula is C24H26O3. The third-order valence-corrected chi connectivity index (χ3v) is 3.83. The van der Waals surface area contributed by atoms with Crippen LogP contribution in [0, 0.1) is 0 Å². The maximum Gasteiger partial charge on any atom is 0.285 e. The van der Waals surface area contributed by atoms with Crippen LogP contribution in [0.5, 0.6) is 11.7 Å². The molecule has 3 nitrogen and oxygen atoms in total. The van der Waals surface area contributed by atoms with Crippen molar-refractivity contribution in [3.05, 3.63) is 84.9 Å². The largest absolute Gasteiger partial charge is 0.504 e. The zero-order valence-corrected chi connectivity index (χ0v) is 14.8. The molecule has 3 heteroatoms. The van der Waals surface area contributed by atoms with E-state index in [-0.39, 0.29) is 13.2 Å². The van der Waals surface area contributed by atoms with Gasteiger partial charge < -0.3 is 14.3 Å². The second kappa shape index (κ2) is 10.1. The minimum atomic E-state index is 0. The number of phenols is 1. The fraction of sp³-hybridized carbons (Fsp3) is 0.167. The highest BCUT2D eigenvalue weighted by Crippen LogP contribution is 2.31. The van der Waals surface area contributed by atoms with Crippen LogP contribution >= 0.6 is 0 Å². The Morgan fingerprint density at radius 1 is 0.815 bits per heavy atom. The third kappa shape index (κ3) is 5.38. The zero-order valence-electron chi connectivity index (χ0n) is 14.8. The van der Waals surface area contributed by atoms with Crippen molar-refractivity contribution in [1.29, 1.82) is 0 Å². The molecule has 0 fully saturated rings. The Balaban J connectivity index is 0.000000189. The van der Waals surface area contributed by atoms with Gasteiger partial charge in [-0.25, -0.2) is 0 Å². The van der Waals surface area contributed by atoms with E-state index in [9.17, 15) is 5.11 Å². The first-order valence-corrected chi connectivity index (χ1v) is 8.72. The molecule has 0 amide bonds. The van der Waals surface area contributed by atoms with E-state index in [1.165, 1.54) is 11.1 Å². The topological polar surface area (TPSA) is 42.6 Å². The summed E-state index contributed by atoms with van der Waals surface area (Å²) in [6.45, 7) is 2.65. The van der Waals surface area contributed by atoms with E-state index in [2.05, 4.69) is 48.5 Å². The van der Waals surface area contributed by atoms with E-state index in [0.717, 1.165) is 11.8 Å². The maximum atomic E-state index is 9.46. The second-order valence-electron chi connectivity index (χ2n) is 5.84. The molecule has 3 aromatic carbocycles. The van der Waals surface area contributed by atoms with Crippen molar-refractivity contribution in [2.75, 3.05) is 6.61 Å². The van der Waals surface area contributed by atoms with Crippen molar-refractivity contribution >= 4 is 11.0 Å². The summed E-state index contributed by atoms with van der Waals surface area (Å²) in [5.74, 6) is 0.609. The highest BCUT2D eigenvalue weighted by Gasteiger charge is 2.07. The zero-order chi connectivity index (χ0) is 18.2. The molecule has 1 aromatic heterocycles. The smallest absolute Gasteiger partial charge is 0.285 e. The number of para-hydroxylation sites is 1. The number of benzene rings is 3. The molecule has 140 valence electrons. The molecule has 0 spiro atoms.